The zero-order chi connectivity index (χ0) is 12.7. The first-order valence-electron chi connectivity index (χ1n) is 5.11. The predicted molar refractivity (Wildman–Crippen MR) is 57.1 cm³/mol. The molecule has 0 radical (unpaired) electrons. The molecule has 0 bridgehead atoms. The van der Waals surface area contributed by atoms with Crippen LogP contribution in [0.25, 0.3) is 0 Å². The van der Waals surface area contributed by atoms with Crippen molar-refractivity contribution in [2.24, 2.45) is 0 Å². The Balaban J connectivity index is 2.41. The third-order valence-corrected chi connectivity index (χ3v) is 2.09. The lowest BCUT2D eigenvalue weighted by Crippen LogP contribution is -2.24. The van der Waals surface area contributed by atoms with Crippen molar-refractivity contribution in [1.82, 2.24) is 5.48 Å². The molecular formula is C11H15F2NO3. The van der Waals surface area contributed by atoms with Crippen molar-refractivity contribution in [3.05, 3.63) is 35.4 Å². The van der Waals surface area contributed by atoms with Gasteiger partial charge in [0, 0.05) is 12.7 Å². The highest BCUT2D eigenvalue weighted by atomic mass is 19.1. The van der Waals surface area contributed by atoms with Crippen LogP contribution in [0.5, 0.6) is 0 Å². The minimum Gasteiger partial charge on any atom is -0.387 e. The quantitative estimate of drug-likeness (QED) is 0.561. The summed E-state index contributed by atoms with van der Waals surface area (Å²) in [6.45, 7) is 0.663. The van der Waals surface area contributed by atoms with Crippen molar-refractivity contribution in [2.45, 2.75) is 6.10 Å². The number of benzene rings is 1. The molecule has 0 spiro atoms. The fraction of sp³-hybridized carbons (Fsp3) is 0.455. The van der Waals surface area contributed by atoms with Crippen molar-refractivity contribution in [3.63, 3.8) is 0 Å². The van der Waals surface area contributed by atoms with Crippen LogP contribution < -0.4 is 5.48 Å². The molecule has 96 valence electrons. The second kappa shape index (κ2) is 7.29. The average molecular weight is 247 g/mol. The molecule has 17 heavy (non-hydrogen) atoms. The van der Waals surface area contributed by atoms with Gasteiger partial charge in [-0.15, -0.1) is 0 Å². The summed E-state index contributed by atoms with van der Waals surface area (Å²) in [6, 6.07) is 2.92. The first-order valence-corrected chi connectivity index (χ1v) is 5.11. The largest absolute Gasteiger partial charge is 0.387 e. The molecule has 1 aromatic rings. The second-order valence-electron chi connectivity index (χ2n) is 3.37. The number of nitrogens with one attached hydrogen (secondary N) is 1. The molecule has 4 nitrogen and oxygen atoms in total. The van der Waals surface area contributed by atoms with E-state index in [2.05, 4.69) is 5.48 Å². The van der Waals surface area contributed by atoms with Gasteiger partial charge in [0.1, 0.15) is 11.6 Å². The maximum Gasteiger partial charge on any atom is 0.129 e. The third kappa shape index (κ3) is 4.74. The monoisotopic (exact) mass is 247 g/mol. The molecule has 1 unspecified atom stereocenters. The fourth-order valence-electron chi connectivity index (χ4n) is 1.21. The van der Waals surface area contributed by atoms with Crippen molar-refractivity contribution < 1.29 is 23.5 Å². The number of halogens is 2. The van der Waals surface area contributed by atoms with Gasteiger partial charge in [-0.05, 0) is 18.2 Å². The lowest BCUT2D eigenvalue weighted by molar-refractivity contribution is -0.0116. The van der Waals surface area contributed by atoms with Gasteiger partial charge in [0.25, 0.3) is 0 Å². The molecule has 0 amide bonds. The summed E-state index contributed by atoms with van der Waals surface area (Å²) < 4.78 is 30.8. The van der Waals surface area contributed by atoms with E-state index < -0.39 is 17.7 Å². The van der Waals surface area contributed by atoms with Crippen LogP contribution in [0.1, 0.15) is 11.7 Å². The van der Waals surface area contributed by atoms with Gasteiger partial charge in [0.05, 0.1) is 25.9 Å². The highest BCUT2D eigenvalue weighted by Gasteiger charge is 2.13. The van der Waals surface area contributed by atoms with E-state index in [9.17, 15) is 13.9 Å². The molecule has 0 aliphatic rings. The van der Waals surface area contributed by atoms with Gasteiger partial charge < -0.3 is 9.84 Å². The van der Waals surface area contributed by atoms with E-state index in [1.165, 1.54) is 7.11 Å². The van der Waals surface area contributed by atoms with Crippen LogP contribution in [0.4, 0.5) is 8.78 Å². The number of rotatable bonds is 7. The Morgan fingerprint density at radius 2 is 2.12 bits per heavy atom. The molecule has 0 aliphatic heterocycles. The highest BCUT2D eigenvalue weighted by Crippen LogP contribution is 2.17. The van der Waals surface area contributed by atoms with Gasteiger partial charge in [-0.1, -0.05) is 0 Å². The van der Waals surface area contributed by atoms with E-state index in [0.29, 0.717) is 13.2 Å². The second-order valence-corrected chi connectivity index (χ2v) is 3.37. The first-order chi connectivity index (χ1) is 8.15. The Labute approximate surface area is 98.1 Å². The molecule has 0 saturated carbocycles. The Morgan fingerprint density at radius 3 is 2.82 bits per heavy atom. The zero-order valence-corrected chi connectivity index (χ0v) is 9.45. The Morgan fingerprint density at radius 1 is 1.35 bits per heavy atom. The van der Waals surface area contributed by atoms with Crippen LogP contribution in [-0.4, -0.2) is 32.0 Å². The predicted octanol–water partition coefficient (Wildman–Crippen LogP) is 1.17. The molecule has 1 atom stereocenters. The Kier molecular flexibility index (Phi) is 5.99. The number of aliphatic hydroxyl groups is 1. The highest BCUT2D eigenvalue weighted by molar-refractivity contribution is 5.21. The van der Waals surface area contributed by atoms with Gasteiger partial charge in [-0.25, -0.2) is 8.78 Å². The van der Waals surface area contributed by atoms with E-state index >= 15 is 0 Å². The first kappa shape index (κ1) is 14.0. The minimum absolute atomic E-state index is 0.0376. The number of aliphatic hydroxyl groups excluding tert-OH is 1. The van der Waals surface area contributed by atoms with E-state index in [0.717, 1.165) is 18.2 Å². The van der Waals surface area contributed by atoms with Crippen LogP contribution >= 0.6 is 0 Å². The average Bonchev–Trinajstić information content (AvgIpc) is 2.32. The van der Waals surface area contributed by atoms with E-state index in [-0.39, 0.29) is 12.1 Å². The van der Waals surface area contributed by atoms with Crippen LogP contribution in [0, 0.1) is 11.6 Å². The standard InChI is InChI=1S/C11H15F2NO3/c1-16-4-5-17-14-7-11(15)9-6-8(12)2-3-10(9)13/h2-3,6,11,14-15H,4-5,7H2,1H3. The SMILES string of the molecule is COCCONCC(O)c1cc(F)ccc1F. The van der Waals surface area contributed by atoms with E-state index in [1.54, 1.807) is 0 Å². The summed E-state index contributed by atoms with van der Waals surface area (Å²) in [7, 11) is 1.53. The molecular weight excluding hydrogens is 232 g/mol. The summed E-state index contributed by atoms with van der Waals surface area (Å²) in [6.07, 6.45) is -1.17. The molecule has 0 fully saturated rings. The van der Waals surface area contributed by atoms with Gasteiger partial charge in [0.2, 0.25) is 0 Å². The van der Waals surface area contributed by atoms with Gasteiger partial charge in [0.15, 0.2) is 0 Å². The lowest BCUT2D eigenvalue weighted by Gasteiger charge is -2.13. The smallest absolute Gasteiger partial charge is 0.129 e. The normalized spacial score (nSPS) is 12.7. The van der Waals surface area contributed by atoms with Crippen LogP contribution in [0.15, 0.2) is 18.2 Å². The van der Waals surface area contributed by atoms with Crippen molar-refractivity contribution >= 4 is 0 Å². The summed E-state index contributed by atoms with van der Waals surface area (Å²) in [5, 5.41) is 9.60. The topological polar surface area (TPSA) is 50.7 Å². The van der Waals surface area contributed by atoms with Crippen LogP contribution in [-0.2, 0) is 9.57 Å². The molecule has 0 saturated heterocycles. The lowest BCUT2D eigenvalue weighted by atomic mass is 10.1. The number of hydrogen-bond acceptors (Lipinski definition) is 4. The van der Waals surface area contributed by atoms with Gasteiger partial charge in [-0.2, -0.15) is 5.48 Å². The van der Waals surface area contributed by atoms with Gasteiger partial charge in [-0.3, -0.25) is 4.84 Å². The number of methoxy groups -OCH3 is 1. The number of hydrogen-bond donors (Lipinski definition) is 2. The van der Waals surface area contributed by atoms with Crippen molar-refractivity contribution in [1.29, 1.82) is 0 Å². The molecule has 0 aliphatic carbocycles. The maximum absolute atomic E-state index is 13.2. The number of hydroxylamine groups is 1. The molecule has 0 heterocycles. The summed E-state index contributed by atoms with van der Waals surface area (Å²) >= 11 is 0. The van der Waals surface area contributed by atoms with Crippen LogP contribution in [0.3, 0.4) is 0 Å². The Hall–Kier alpha value is -1.08. The molecule has 2 N–H and O–H groups in total. The zero-order valence-electron chi connectivity index (χ0n) is 9.45. The van der Waals surface area contributed by atoms with Crippen molar-refractivity contribution in [3.8, 4) is 0 Å². The van der Waals surface area contributed by atoms with E-state index in [1.807, 2.05) is 0 Å². The maximum atomic E-state index is 13.2. The summed E-state index contributed by atoms with van der Waals surface area (Å²) in [4.78, 5) is 4.89. The Bertz CT molecular complexity index is 349. The summed E-state index contributed by atoms with van der Waals surface area (Å²) in [5.41, 5.74) is 2.34. The third-order valence-electron chi connectivity index (χ3n) is 2.09. The molecule has 0 aromatic heterocycles. The molecule has 6 heteroatoms. The fourth-order valence-corrected chi connectivity index (χ4v) is 1.21. The summed E-state index contributed by atoms with van der Waals surface area (Å²) in [5.74, 6) is -1.25. The van der Waals surface area contributed by atoms with Gasteiger partial charge >= 0.3 is 0 Å². The minimum atomic E-state index is -1.17. The van der Waals surface area contributed by atoms with Crippen LogP contribution in [0.2, 0.25) is 0 Å². The molecule has 1 rings (SSSR count). The van der Waals surface area contributed by atoms with E-state index in [4.69, 9.17) is 9.57 Å². The molecule has 1 aromatic carbocycles. The van der Waals surface area contributed by atoms with Crippen molar-refractivity contribution in [2.75, 3.05) is 26.9 Å². The number of ether oxygens (including phenoxy) is 1.